The Hall–Kier alpha value is -1.72. The lowest BCUT2D eigenvalue weighted by molar-refractivity contribution is 0.0615. The highest BCUT2D eigenvalue weighted by Gasteiger charge is 2.32. The number of nitrogens with two attached hydrogens (primary N) is 1. The highest BCUT2D eigenvalue weighted by molar-refractivity contribution is 9.10. The van der Waals surface area contributed by atoms with E-state index in [0.717, 1.165) is 15.2 Å². The van der Waals surface area contributed by atoms with Crippen LogP contribution >= 0.6 is 15.9 Å². The molecule has 2 N–H and O–H groups in total. The van der Waals surface area contributed by atoms with Crippen molar-refractivity contribution in [2.75, 3.05) is 13.1 Å². The molecular weight excluding hydrogens is 308 g/mol. The minimum absolute atomic E-state index is 0.236. The van der Waals surface area contributed by atoms with E-state index in [0.29, 0.717) is 11.1 Å². The Labute approximate surface area is 118 Å². The number of carbonyl (C=O) groups excluding carboxylic acids is 2. The second-order valence-corrected chi connectivity index (χ2v) is 5.32. The van der Waals surface area contributed by atoms with Gasteiger partial charge in [-0.15, -0.1) is 0 Å². The first-order chi connectivity index (χ1) is 9.13. The Kier molecular flexibility index (Phi) is 2.88. The van der Waals surface area contributed by atoms with Crippen LogP contribution in [0.15, 0.2) is 34.8 Å². The average molecular weight is 319 g/mol. The number of hydrogen-bond donors (Lipinski definition) is 1. The van der Waals surface area contributed by atoms with Crippen molar-refractivity contribution in [1.29, 1.82) is 0 Å². The summed E-state index contributed by atoms with van der Waals surface area (Å²) in [5.74, 6) is -0.545. The summed E-state index contributed by atoms with van der Waals surface area (Å²) in [6, 6.07) is 9.12. The number of nitrogens with zero attached hydrogens (tertiary/aromatic N) is 1. The molecule has 1 aliphatic heterocycles. The van der Waals surface area contributed by atoms with Crippen molar-refractivity contribution in [3.63, 3.8) is 0 Å². The Balaban J connectivity index is 2.35. The predicted octanol–water partition coefficient (Wildman–Crippen LogP) is 2.16. The molecule has 0 aromatic heterocycles. The smallest absolute Gasteiger partial charge is 0.261 e. The van der Waals surface area contributed by atoms with Gasteiger partial charge in [-0.2, -0.15) is 0 Å². The number of halogens is 1. The Bertz CT molecular complexity index is 712. The number of amides is 2. The summed E-state index contributed by atoms with van der Waals surface area (Å²) in [5, 5.41) is 1.62. The molecule has 3 rings (SSSR count). The lowest BCUT2D eigenvalue weighted by Gasteiger charge is -2.26. The molecule has 1 aliphatic rings. The van der Waals surface area contributed by atoms with Crippen LogP contribution in [0, 0.1) is 0 Å². The summed E-state index contributed by atoms with van der Waals surface area (Å²) in [5.41, 5.74) is 6.59. The summed E-state index contributed by atoms with van der Waals surface area (Å²) in [7, 11) is 0. The van der Waals surface area contributed by atoms with Crippen molar-refractivity contribution in [3.8, 4) is 0 Å². The third-order valence-corrected chi connectivity index (χ3v) is 3.70. The van der Waals surface area contributed by atoms with Crippen LogP contribution in [0.2, 0.25) is 0 Å². The SMILES string of the molecule is NCCN1C(=O)c2cccc3cc(Br)cc(c23)C1=O. The molecule has 1 heterocycles. The van der Waals surface area contributed by atoms with Gasteiger partial charge in [-0.25, -0.2) is 0 Å². The molecule has 0 fully saturated rings. The van der Waals surface area contributed by atoms with Gasteiger partial charge in [-0.3, -0.25) is 14.5 Å². The Morgan fingerprint density at radius 3 is 2.58 bits per heavy atom. The van der Waals surface area contributed by atoms with Gasteiger partial charge in [0, 0.05) is 34.1 Å². The largest absolute Gasteiger partial charge is 0.329 e. The van der Waals surface area contributed by atoms with Crippen LogP contribution in [0.3, 0.4) is 0 Å². The van der Waals surface area contributed by atoms with Gasteiger partial charge in [0.25, 0.3) is 11.8 Å². The van der Waals surface area contributed by atoms with E-state index < -0.39 is 0 Å². The lowest BCUT2D eigenvalue weighted by atomic mass is 9.94. The Morgan fingerprint density at radius 1 is 1.11 bits per heavy atom. The number of benzene rings is 2. The van der Waals surface area contributed by atoms with Crippen molar-refractivity contribution in [3.05, 3.63) is 45.9 Å². The van der Waals surface area contributed by atoms with Crippen molar-refractivity contribution in [1.82, 2.24) is 4.90 Å². The fourth-order valence-electron chi connectivity index (χ4n) is 2.45. The molecule has 0 aliphatic carbocycles. The maximum atomic E-state index is 12.4. The van der Waals surface area contributed by atoms with E-state index in [1.54, 1.807) is 12.1 Å². The van der Waals surface area contributed by atoms with E-state index in [4.69, 9.17) is 5.73 Å². The van der Waals surface area contributed by atoms with Crippen LogP contribution in [0.1, 0.15) is 20.7 Å². The Morgan fingerprint density at radius 2 is 1.84 bits per heavy atom. The molecule has 2 aromatic rings. The fourth-order valence-corrected chi connectivity index (χ4v) is 2.93. The van der Waals surface area contributed by atoms with Gasteiger partial charge >= 0.3 is 0 Å². The molecule has 0 radical (unpaired) electrons. The first kappa shape index (κ1) is 12.3. The van der Waals surface area contributed by atoms with Crippen molar-refractivity contribution < 1.29 is 9.59 Å². The van der Waals surface area contributed by atoms with E-state index in [2.05, 4.69) is 15.9 Å². The summed E-state index contributed by atoms with van der Waals surface area (Å²) in [6.07, 6.45) is 0. The third kappa shape index (κ3) is 1.77. The van der Waals surface area contributed by atoms with Crippen LogP contribution in [0.25, 0.3) is 10.8 Å². The van der Waals surface area contributed by atoms with Gasteiger partial charge in [-0.05, 0) is 23.6 Å². The third-order valence-electron chi connectivity index (χ3n) is 3.25. The number of rotatable bonds is 2. The summed E-state index contributed by atoms with van der Waals surface area (Å²) >= 11 is 3.39. The van der Waals surface area contributed by atoms with Crippen LogP contribution in [-0.2, 0) is 0 Å². The minimum Gasteiger partial charge on any atom is -0.329 e. The summed E-state index contributed by atoms with van der Waals surface area (Å²) in [4.78, 5) is 25.9. The molecule has 2 aromatic carbocycles. The fraction of sp³-hybridized carbons (Fsp3) is 0.143. The molecule has 2 amide bonds. The highest BCUT2D eigenvalue weighted by Crippen LogP contribution is 2.32. The van der Waals surface area contributed by atoms with E-state index in [1.807, 2.05) is 18.2 Å². The monoisotopic (exact) mass is 318 g/mol. The van der Waals surface area contributed by atoms with Gasteiger partial charge in [0.1, 0.15) is 0 Å². The summed E-state index contributed by atoms with van der Waals surface area (Å²) in [6.45, 7) is 0.497. The van der Waals surface area contributed by atoms with Crippen molar-refractivity contribution in [2.24, 2.45) is 5.73 Å². The van der Waals surface area contributed by atoms with Crippen LogP contribution in [0.5, 0.6) is 0 Å². The van der Waals surface area contributed by atoms with Gasteiger partial charge in [0.2, 0.25) is 0 Å². The van der Waals surface area contributed by atoms with Gasteiger partial charge < -0.3 is 5.73 Å². The van der Waals surface area contributed by atoms with Crippen LogP contribution in [0.4, 0.5) is 0 Å². The highest BCUT2D eigenvalue weighted by atomic mass is 79.9. The second-order valence-electron chi connectivity index (χ2n) is 4.41. The molecule has 0 atom stereocenters. The molecule has 0 spiro atoms. The zero-order valence-corrected chi connectivity index (χ0v) is 11.6. The molecule has 96 valence electrons. The zero-order valence-electron chi connectivity index (χ0n) is 10.0. The molecule has 0 saturated heterocycles. The van der Waals surface area contributed by atoms with Gasteiger partial charge in [0.15, 0.2) is 0 Å². The molecule has 4 nitrogen and oxygen atoms in total. The number of imide groups is 1. The molecule has 19 heavy (non-hydrogen) atoms. The van der Waals surface area contributed by atoms with Gasteiger partial charge in [0.05, 0.1) is 0 Å². The zero-order chi connectivity index (χ0) is 13.6. The summed E-state index contributed by atoms with van der Waals surface area (Å²) < 4.78 is 0.822. The van der Waals surface area contributed by atoms with Crippen LogP contribution < -0.4 is 5.73 Å². The topological polar surface area (TPSA) is 63.4 Å². The van der Waals surface area contributed by atoms with E-state index >= 15 is 0 Å². The van der Waals surface area contributed by atoms with Crippen molar-refractivity contribution >= 4 is 38.5 Å². The average Bonchev–Trinajstić information content (AvgIpc) is 2.40. The van der Waals surface area contributed by atoms with Gasteiger partial charge in [-0.1, -0.05) is 28.1 Å². The second kappa shape index (κ2) is 4.43. The first-order valence-corrected chi connectivity index (χ1v) is 6.71. The van der Waals surface area contributed by atoms with E-state index in [1.165, 1.54) is 4.90 Å². The molecule has 0 saturated carbocycles. The van der Waals surface area contributed by atoms with Crippen LogP contribution in [-0.4, -0.2) is 29.8 Å². The number of hydrogen-bond acceptors (Lipinski definition) is 3. The first-order valence-electron chi connectivity index (χ1n) is 5.92. The standard InChI is InChI=1S/C14H11BrN2O2/c15-9-6-8-2-1-3-10-12(8)11(7-9)14(19)17(5-4-16)13(10)18/h1-3,6-7H,4-5,16H2. The van der Waals surface area contributed by atoms with Crippen molar-refractivity contribution in [2.45, 2.75) is 0 Å². The molecule has 0 unspecified atom stereocenters. The normalized spacial score (nSPS) is 14.3. The molecule has 0 bridgehead atoms. The predicted molar refractivity (Wildman–Crippen MR) is 76.1 cm³/mol. The van der Waals surface area contributed by atoms with E-state index in [-0.39, 0.29) is 24.9 Å². The minimum atomic E-state index is -0.277. The van der Waals surface area contributed by atoms with E-state index in [9.17, 15) is 9.59 Å². The molecule has 5 heteroatoms. The number of carbonyl (C=O) groups is 2. The molecular formula is C14H11BrN2O2. The maximum absolute atomic E-state index is 12.4. The maximum Gasteiger partial charge on any atom is 0.261 e. The quantitative estimate of drug-likeness (QED) is 0.863. The lowest BCUT2D eigenvalue weighted by Crippen LogP contribution is -2.43.